The predicted octanol–water partition coefficient (Wildman–Crippen LogP) is 3.95. The van der Waals surface area contributed by atoms with Crippen molar-refractivity contribution in [1.29, 1.82) is 0 Å². The maximum Gasteiger partial charge on any atom is 0.0775 e. The van der Waals surface area contributed by atoms with E-state index in [1.807, 2.05) is 0 Å². The highest BCUT2D eigenvalue weighted by Gasteiger charge is 2.15. The summed E-state index contributed by atoms with van der Waals surface area (Å²) in [5.41, 5.74) is 1.48. The van der Waals surface area contributed by atoms with Gasteiger partial charge in [0.05, 0.1) is 8.07 Å². The predicted molar refractivity (Wildman–Crippen MR) is 76.2 cm³/mol. The van der Waals surface area contributed by atoms with E-state index in [1.54, 1.807) is 5.19 Å². The molecule has 1 aromatic carbocycles. The molecule has 0 aliphatic rings. The van der Waals surface area contributed by atoms with E-state index >= 15 is 0 Å². The fourth-order valence-electron chi connectivity index (χ4n) is 1.60. The number of halogens is 1. The number of benzene rings is 1. The number of hydrogen-bond acceptors (Lipinski definition) is 0. The van der Waals surface area contributed by atoms with Crippen LogP contribution in [0.2, 0.25) is 19.6 Å². The lowest BCUT2D eigenvalue weighted by Crippen LogP contribution is -2.37. The summed E-state index contributed by atoms with van der Waals surface area (Å²) in [6.07, 6.45) is 3.78. The fourth-order valence-corrected chi connectivity index (χ4v) is 3.16. The SMILES string of the molecule is C[Si](C)(C)c1ccc(CCCCBr)cc1. The Balaban J connectivity index is 2.57. The Kier molecular flexibility index (Phi) is 5.07. The molecule has 0 atom stereocenters. The van der Waals surface area contributed by atoms with Crippen LogP contribution in [0, 0.1) is 0 Å². The van der Waals surface area contributed by atoms with Crippen LogP contribution < -0.4 is 5.19 Å². The number of aryl methyl sites for hydroxylation is 1. The second-order valence-corrected chi connectivity index (χ2v) is 11.0. The highest BCUT2D eigenvalue weighted by atomic mass is 79.9. The Bertz CT molecular complexity index is 284. The topological polar surface area (TPSA) is 0 Å². The molecule has 1 aromatic rings. The molecule has 0 saturated heterocycles. The molecule has 0 nitrogen and oxygen atoms in total. The molecule has 0 fully saturated rings. The Morgan fingerprint density at radius 2 is 1.60 bits per heavy atom. The van der Waals surface area contributed by atoms with Crippen molar-refractivity contribution < 1.29 is 0 Å². The molecule has 0 N–H and O–H groups in total. The van der Waals surface area contributed by atoms with Crippen molar-refractivity contribution in [2.45, 2.75) is 38.9 Å². The zero-order valence-corrected chi connectivity index (χ0v) is 12.6. The van der Waals surface area contributed by atoms with E-state index in [4.69, 9.17) is 0 Å². The van der Waals surface area contributed by atoms with Gasteiger partial charge in [-0.1, -0.05) is 65.0 Å². The summed E-state index contributed by atoms with van der Waals surface area (Å²) in [6.45, 7) is 7.19. The van der Waals surface area contributed by atoms with Gasteiger partial charge in [-0.05, 0) is 24.8 Å². The lowest BCUT2D eigenvalue weighted by Gasteiger charge is -2.16. The first-order valence-electron chi connectivity index (χ1n) is 5.69. The fraction of sp³-hybridized carbons (Fsp3) is 0.538. The zero-order valence-electron chi connectivity index (χ0n) is 10.0. The van der Waals surface area contributed by atoms with Gasteiger partial charge < -0.3 is 0 Å². The van der Waals surface area contributed by atoms with Gasteiger partial charge in [-0.15, -0.1) is 0 Å². The molecule has 1 rings (SSSR count). The minimum atomic E-state index is -1.10. The molecule has 15 heavy (non-hydrogen) atoms. The first kappa shape index (κ1) is 13.0. The van der Waals surface area contributed by atoms with Gasteiger partial charge in [0.25, 0.3) is 0 Å². The van der Waals surface area contributed by atoms with Crippen LogP contribution in [0.3, 0.4) is 0 Å². The van der Waals surface area contributed by atoms with E-state index in [0.717, 1.165) is 5.33 Å². The van der Waals surface area contributed by atoms with Crippen molar-refractivity contribution in [3.8, 4) is 0 Å². The summed E-state index contributed by atoms with van der Waals surface area (Å²) in [7, 11) is -1.10. The largest absolute Gasteiger partial charge is 0.0928 e. The normalized spacial score (nSPS) is 11.7. The second kappa shape index (κ2) is 5.85. The Labute approximate surface area is 103 Å². The minimum absolute atomic E-state index is 1.10. The molecule has 84 valence electrons. The third kappa shape index (κ3) is 4.52. The van der Waals surface area contributed by atoms with Crippen LogP contribution in [0.15, 0.2) is 24.3 Å². The quantitative estimate of drug-likeness (QED) is 0.436. The van der Waals surface area contributed by atoms with Crippen molar-refractivity contribution in [2.75, 3.05) is 5.33 Å². The van der Waals surface area contributed by atoms with Crippen LogP contribution in [0.4, 0.5) is 0 Å². The molecule has 0 radical (unpaired) electrons. The van der Waals surface area contributed by atoms with Gasteiger partial charge in [-0.2, -0.15) is 0 Å². The molecule has 2 heteroatoms. The average molecular weight is 285 g/mol. The molecule has 0 bridgehead atoms. The molecule has 0 aliphatic carbocycles. The van der Waals surface area contributed by atoms with Crippen LogP contribution in [-0.4, -0.2) is 13.4 Å². The Hall–Kier alpha value is -0.0831. The van der Waals surface area contributed by atoms with Gasteiger partial charge in [0.2, 0.25) is 0 Å². The van der Waals surface area contributed by atoms with E-state index in [9.17, 15) is 0 Å². The summed E-state index contributed by atoms with van der Waals surface area (Å²) in [5.74, 6) is 0. The van der Waals surface area contributed by atoms with E-state index < -0.39 is 8.07 Å². The highest BCUT2D eigenvalue weighted by molar-refractivity contribution is 9.09. The van der Waals surface area contributed by atoms with E-state index in [0.29, 0.717) is 0 Å². The third-order valence-corrected chi connectivity index (χ3v) is 5.30. The average Bonchev–Trinajstić information content (AvgIpc) is 2.18. The third-order valence-electron chi connectivity index (χ3n) is 2.67. The summed E-state index contributed by atoms with van der Waals surface area (Å²) in [4.78, 5) is 0. The van der Waals surface area contributed by atoms with Gasteiger partial charge in [0.1, 0.15) is 0 Å². The van der Waals surface area contributed by atoms with Gasteiger partial charge in [0.15, 0.2) is 0 Å². The monoisotopic (exact) mass is 284 g/mol. The summed E-state index contributed by atoms with van der Waals surface area (Å²) in [6, 6.07) is 9.27. The standard InChI is InChI=1S/C13H21BrSi/c1-15(2,3)13-9-7-12(8-10-13)6-4-5-11-14/h7-10H,4-6,11H2,1-3H3. The van der Waals surface area contributed by atoms with Crippen molar-refractivity contribution >= 4 is 29.2 Å². The van der Waals surface area contributed by atoms with Crippen molar-refractivity contribution in [2.24, 2.45) is 0 Å². The van der Waals surface area contributed by atoms with Crippen molar-refractivity contribution in [3.63, 3.8) is 0 Å². The molecular weight excluding hydrogens is 264 g/mol. The second-order valence-electron chi connectivity index (χ2n) is 5.09. The molecule has 0 amide bonds. The minimum Gasteiger partial charge on any atom is -0.0928 e. The van der Waals surface area contributed by atoms with Crippen molar-refractivity contribution in [1.82, 2.24) is 0 Å². The van der Waals surface area contributed by atoms with E-state index in [1.165, 1.54) is 24.8 Å². The number of hydrogen-bond donors (Lipinski definition) is 0. The molecule has 0 spiro atoms. The van der Waals surface area contributed by atoms with Gasteiger partial charge >= 0.3 is 0 Å². The van der Waals surface area contributed by atoms with Crippen LogP contribution in [0.1, 0.15) is 18.4 Å². The molecule has 0 saturated carbocycles. The van der Waals surface area contributed by atoms with E-state index in [2.05, 4.69) is 59.8 Å². The maximum atomic E-state index is 3.47. The Morgan fingerprint density at radius 3 is 2.07 bits per heavy atom. The molecule has 0 aromatic heterocycles. The summed E-state index contributed by atoms with van der Waals surface area (Å²) in [5, 5.41) is 2.69. The van der Waals surface area contributed by atoms with Crippen molar-refractivity contribution in [3.05, 3.63) is 29.8 Å². The maximum absolute atomic E-state index is 3.47. The molecule has 0 unspecified atom stereocenters. The number of alkyl halides is 1. The molecule has 0 aliphatic heterocycles. The molecular formula is C13H21BrSi. The van der Waals surface area contributed by atoms with Gasteiger partial charge in [-0.3, -0.25) is 0 Å². The van der Waals surface area contributed by atoms with Crippen LogP contribution in [-0.2, 0) is 6.42 Å². The van der Waals surface area contributed by atoms with Crippen LogP contribution in [0.5, 0.6) is 0 Å². The van der Waals surface area contributed by atoms with Gasteiger partial charge in [-0.25, -0.2) is 0 Å². The number of rotatable bonds is 5. The number of unbranched alkanes of at least 4 members (excludes halogenated alkanes) is 1. The summed E-state index contributed by atoms with van der Waals surface area (Å²) >= 11 is 3.47. The summed E-state index contributed by atoms with van der Waals surface area (Å²) < 4.78 is 0. The molecule has 0 heterocycles. The first-order valence-corrected chi connectivity index (χ1v) is 10.3. The van der Waals surface area contributed by atoms with Crippen LogP contribution in [0.25, 0.3) is 0 Å². The lowest BCUT2D eigenvalue weighted by atomic mass is 10.1. The van der Waals surface area contributed by atoms with Gasteiger partial charge in [0, 0.05) is 5.33 Å². The first-order chi connectivity index (χ1) is 7.04. The van der Waals surface area contributed by atoms with Crippen LogP contribution >= 0.6 is 15.9 Å². The smallest absolute Gasteiger partial charge is 0.0775 e. The highest BCUT2D eigenvalue weighted by Crippen LogP contribution is 2.08. The van der Waals surface area contributed by atoms with E-state index in [-0.39, 0.29) is 0 Å². The zero-order chi connectivity index (χ0) is 11.3. The Morgan fingerprint density at radius 1 is 1.00 bits per heavy atom. The lowest BCUT2D eigenvalue weighted by molar-refractivity contribution is 0.806.